The molecule has 0 N–H and O–H groups in total. The average Bonchev–Trinajstić information content (AvgIpc) is 3.85. The summed E-state index contributed by atoms with van der Waals surface area (Å²) in [6.45, 7) is 2.72. The molecular formula is C33H36N6O5. The van der Waals surface area contributed by atoms with E-state index in [9.17, 15) is 14.4 Å². The summed E-state index contributed by atoms with van der Waals surface area (Å²) >= 11 is 0. The average molecular weight is 597 g/mol. The van der Waals surface area contributed by atoms with Gasteiger partial charge in [-0.1, -0.05) is 48.5 Å². The number of amides is 3. The van der Waals surface area contributed by atoms with Crippen molar-refractivity contribution < 1.29 is 23.9 Å². The van der Waals surface area contributed by atoms with Crippen molar-refractivity contribution >= 4 is 23.7 Å². The lowest BCUT2D eigenvalue weighted by Gasteiger charge is -2.43. The molecule has 44 heavy (non-hydrogen) atoms. The van der Waals surface area contributed by atoms with Crippen molar-refractivity contribution in [2.24, 2.45) is 18.0 Å². The van der Waals surface area contributed by atoms with Crippen LogP contribution < -0.4 is 0 Å². The fourth-order valence-corrected chi connectivity index (χ4v) is 6.75. The van der Waals surface area contributed by atoms with E-state index in [1.807, 2.05) is 48.6 Å². The SMILES string of the molecule is COC(=O)N1CC2(C1)N=C(c1ccc(-c3ccc(-c4cnn(C)c4)cc3)cc1)N(C[C@@H]1CCN(C(=O)[C@H]3CCCO3)C1)C2=O. The molecule has 1 aromatic heterocycles. The molecule has 228 valence electrons. The van der Waals surface area contributed by atoms with E-state index in [-0.39, 0.29) is 36.9 Å². The molecule has 0 unspecified atom stereocenters. The van der Waals surface area contributed by atoms with Gasteiger partial charge in [0.15, 0.2) is 5.54 Å². The molecule has 5 heterocycles. The Bertz CT molecular complexity index is 1600. The second kappa shape index (κ2) is 11.2. The first-order valence-corrected chi connectivity index (χ1v) is 15.2. The van der Waals surface area contributed by atoms with Crippen LogP contribution in [0.5, 0.6) is 0 Å². The van der Waals surface area contributed by atoms with E-state index < -0.39 is 11.6 Å². The third-order valence-corrected chi connectivity index (χ3v) is 9.20. The molecule has 4 aliphatic rings. The van der Waals surface area contributed by atoms with Crippen molar-refractivity contribution in [3.05, 3.63) is 66.5 Å². The first-order valence-electron chi connectivity index (χ1n) is 15.2. The molecule has 11 heteroatoms. The summed E-state index contributed by atoms with van der Waals surface area (Å²) in [5.41, 5.74) is 4.14. The summed E-state index contributed by atoms with van der Waals surface area (Å²) in [6.07, 6.45) is 5.53. The van der Waals surface area contributed by atoms with E-state index >= 15 is 0 Å². The smallest absolute Gasteiger partial charge is 0.409 e. The van der Waals surface area contributed by atoms with Crippen molar-refractivity contribution in [3.63, 3.8) is 0 Å². The molecule has 3 amide bonds. The van der Waals surface area contributed by atoms with Crippen molar-refractivity contribution in [1.82, 2.24) is 24.5 Å². The van der Waals surface area contributed by atoms with Crippen LogP contribution in [-0.2, 0) is 26.1 Å². The number of rotatable bonds is 6. The highest BCUT2D eigenvalue weighted by molar-refractivity contribution is 6.16. The maximum Gasteiger partial charge on any atom is 0.409 e. The van der Waals surface area contributed by atoms with Crippen molar-refractivity contribution in [2.75, 3.05) is 46.4 Å². The van der Waals surface area contributed by atoms with Gasteiger partial charge in [-0.25, -0.2) is 9.79 Å². The highest BCUT2D eigenvalue weighted by Crippen LogP contribution is 2.36. The van der Waals surface area contributed by atoms with Crippen LogP contribution >= 0.6 is 0 Å². The van der Waals surface area contributed by atoms with Crippen LogP contribution in [0.2, 0.25) is 0 Å². The Kier molecular flexibility index (Phi) is 7.20. The Labute approximate surface area is 256 Å². The Balaban J connectivity index is 1.10. The fourth-order valence-electron chi connectivity index (χ4n) is 6.75. The highest BCUT2D eigenvalue weighted by atomic mass is 16.5. The van der Waals surface area contributed by atoms with E-state index in [1.54, 1.807) is 9.58 Å². The topological polar surface area (TPSA) is 110 Å². The van der Waals surface area contributed by atoms with Gasteiger partial charge in [-0.05, 0) is 41.9 Å². The highest BCUT2D eigenvalue weighted by Gasteiger charge is 2.58. The monoisotopic (exact) mass is 596 g/mol. The van der Waals surface area contributed by atoms with Crippen LogP contribution in [0.25, 0.3) is 22.3 Å². The van der Waals surface area contributed by atoms with Gasteiger partial charge >= 0.3 is 6.09 Å². The van der Waals surface area contributed by atoms with Crippen molar-refractivity contribution in [3.8, 4) is 22.3 Å². The second-order valence-electron chi connectivity index (χ2n) is 12.2. The third-order valence-electron chi connectivity index (χ3n) is 9.20. The number of aryl methyl sites for hydroxylation is 1. The lowest BCUT2D eigenvalue weighted by Crippen LogP contribution is -2.66. The summed E-state index contributed by atoms with van der Waals surface area (Å²) in [4.78, 5) is 49.1. The quantitative estimate of drug-likeness (QED) is 0.433. The van der Waals surface area contributed by atoms with Crippen LogP contribution in [0.3, 0.4) is 0 Å². The molecule has 0 aliphatic carbocycles. The number of aliphatic imine (C=N–C) groups is 1. The Hall–Kier alpha value is -4.51. The van der Waals surface area contributed by atoms with Gasteiger partial charge < -0.3 is 19.3 Å². The number of likely N-dealkylation sites (tertiary alicyclic amines) is 2. The molecular weight excluding hydrogens is 560 g/mol. The zero-order valence-electron chi connectivity index (χ0n) is 25.0. The van der Waals surface area contributed by atoms with Crippen LogP contribution in [0.15, 0.2) is 65.9 Å². The lowest BCUT2D eigenvalue weighted by molar-refractivity contribution is -0.139. The fraction of sp³-hybridized carbons (Fsp3) is 0.424. The van der Waals surface area contributed by atoms with Gasteiger partial charge in [0.05, 0.1) is 26.4 Å². The van der Waals surface area contributed by atoms with Crippen molar-refractivity contribution in [2.45, 2.75) is 30.9 Å². The first kappa shape index (κ1) is 28.3. The predicted octanol–water partition coefficient (Wildman–Crippen LogP) is 3.19. The zero-order chi connectivity index (χ0) is 30.4. The van der Waals surface area contributed by atoms with Gasteiger partial charge in [0.2, 0.25) is 0 Å². The Morgan fingerprint density at radius 1 is 0.955 bits per heavy atom. The maximum absolute atomic E-state index is 13.9. The maximum atomic E-state index is 13.9. The molecule has 2 atom stereocenters. The number of benzene rings is 2. The summed E-state index contributed by atoms with van der Waals surface area (Å²) in [7, 11) is 3.24. The van der Waals surface area contributed by atoms with Crippen LogP contribution in [0.4, 0.5) is 4.79 Å². The minimum absolute atomic E-state index is 0.0554. The van der Waals surface area contributed by atoms with E-state index in [0.717, 1.165) is 47.1 Å². The molecule has 3 saturated heterocycles. The minimum atomic E-state index is -1.00. The number of methoxy groups -OCH3 is 1. The Morgan fingerprint density at radius 3 is 2.20 bits per heavy atom. The van der Waals surface area contributed by atoms with Gasteiger partial charge in [0, 0.05) is 50.6 Å². The number of nitrogens with zero attached hydrogens (tertiary/aromatic N) is 6. The number of aromatic nitrogens is 2. The Morgan fingerprint density at radius 2 is 1.61 bits per heavy atom. The van der Waals surface area contributed by atoms with Crippen molar-refractivity contribution in [1.29, 1.82) is 0 Å². The summed E-state index contributed by atoms with van der Waals surface area (Å²) in [5, 5.41) is 4.26. The van der Waals surface area contributed by atoms with Gasteiger partial charge in [0.25, 0.3) is 11.8 Å². The standard InChI is InChI=1S/C33H36N6O5/c1-36-19-27(16-34-36)25-7-5-23(6-8-25)24-9-11-26(12-10-24)29-35-33(20-38(21-33)32(42)43-2)31(41)39(29)18-22-13-14-37(17-22)30(40)28-4-3-15-44-28/h5-12,16,19,22,28H,3-4,13-15,17-18,20-21H2,1-2H3/t22-,28-/m1/s1. The van der Waals surface area contributed by atoms with Gasteiger partial charge in [0.1, 0.15) is 11.9 Å². The zero-order valence-corrected chi connectivity index (χ0v) is 25.0. The van der Waals surface area contributed by atoms with Gasteiger partial charge in [-0.2, -0.15) is 5.10 Å². The summed E-state index contributed by atoms with van der Waals surface area (Å²) in [5.74, 6) is 0.687. The second-order valence-corrected chi connectivity index (χ2v) is 12.2. The van der Waals surface area contributed by atoms with E-state index in [1.165, 1.54) is 12.0 Å². The predicted molar refractivity (Wildman–Crippen MR) is 163 cm³/mol. The minimum Gasteiger partial charge on any atom is -0.453 e. The summed E-state index contributed by atoms with van der Waals surface area (Å²) in [6, 6.07) is 16.5. The molecule has 4 aliphatic heterocycles. The number of carbonyl (C=O) groups is 3. The number of hydrogen-bond acceptors (Lipinski definition) is 7. The largest absolute Gasteiger partial charge is 0.453 e. The van der Waals surface area contributed by atoms with Gasteiger partial charge in [-0.15, -0.1) is 0 Å². The molecule has 3 aromatic rings. The van der Waals surface area contributed by atoms with Crippen LogP contribution in [0, 0.1) is 5.92 Å². The lowest BCUT2D eigenvalue weighted by atomic mass is 9.90. The molecule has 3 fully saturated rings. The van der Waals surface area contributed by atoms with E-state index in [0.29, 0.717) is 32.1 Å². The molecule has 1 spiro atoms. The molecule has 0 radical (unpaired) electrons. The summed E-state index contributed by atoms with van der Waals surface area (Å²) < 4.78 is 12.3. The van der Waals surface area contributed by atoms with E-state index in [2.05, 4.69) is 29.4 Å². The number of carbonyl (C=O) groups excluding carboxylic acids is 3. The van der Waals surface area contributed by atoms with E-state index in [4.69, 9.17) is 14.5 Å². The third kappa shape index (κ3) is 5.04. The van der Waals surface area contributed by atoms with Crippen LogP contribution in [0.1, 0.15) is 24.8 Å². The molecule has 0 saturated carbocycles. The first-order chi connectivity index (χ1) is 21.3. The normalized spacial score (nSPS) is 22.5. The number of hydrogen-bond donors (Lipinski definition) is 0. The van der Waals surface area contributed by atoms with Crippen LogP contribution in [-0.4, -0.2) is 106 Å². The number of amidine groups is 1. The molecule has 2 aromatic carbocycles. The molecule has 11 nitrogen and oxygen atoms in total. The van der Waals surface area contributed by atoms with Gasteiger partial charge in [-0.3, -0.25) is 19.2 Å². The number of ether oxygens (including phenoxy) is 2. The molecule has 7 rings (SSSR count). The molecule has 0 bridgehead atoms.